The molecule has 4 aromatic rings. The summed E-state index contributed by atoms with van der Waals surface area (Å²) >= 11 is 0. The smallest absolute Gasteiger partial charge is 0.248 e. The molecular formula is C47H60N8O7. The van der Waals surface area contributed by atoms with E-state index in [-0.39, 0.29) is 32.2 Å². The van der Waals surface area contributed by atoms with Crippen molar-refractivity contribution in [2.75, 3.05) is 34.2 Å². The number of para-hydroxylation sites is 1. The van der Waals surface area contributed by atoms with Crippen molar-refractivity contribution in [1.82, 2.24) is 35.2 Å². The number of aromatic nitrogens is 1. The third-order valence-electron chi connectivity index (χ3n) is 12.4. The van der Waals surface area contributed by atoms with Crippen LogP contribution in [0, 0.1) is 0 Å². The zero-order valence-corrected chi connectivity index (χ0v) is 36.0. The maximum atomic E-state index is 15.1. The second-order valence-electron chi connectivity index (χ2n) is 16.6. The van der Waals surface area contributed by atoms with Gasteiger partial charge in [-0.15, -0.1) is 0 Å². The molecule has 2 fully saturated rings. The summed E-state index contributed by atoms with van der Waals surface area (Å²) in [5.74, 6) is -3.49. The number of amides is 6. The number of unbranched alkanes of at least 4 members (excludes halogenated alkanes) is 1. The third-order valence-corrected chi connectivity index (χ3v) is 12.4. The molecule has 2 aliphatic heterocycles. The van der Waals surface area contributed by atoms with Gasteiger partial charge in [-0.3, -0.25) is 28.8 Å². The lowest BCUT2D eigenvalue weighted by Crippen LogP contribution is -2.63. The van der Waals surface area contributed by atoms with Gasteiger partial charge in [0.25, 0.3) is 0 Å². The highest BCUT2D eigenvalue weighted by Crippen LogP contribution is 2.26. The minimum Gasteiger partial charge on any atom is -0.391 e. The van der Waals surface area contributed by atoms with Crippen LogP contribution >= 0.6 is 0 Å². The molecule has 3 aromatic carbocycles. The first-order valence-electron chi connectivity index (χ1n) is 21.5. The zero-order chi connectivity index (χ0) is 44.5. The second kappa shape index (κ2) is 20.7. The molecule has 6 rings (SSSR count). The van der Waals surface area contributed by atoms with Crippen molar-refractivity contribution in [3.05, 3.63) is 108 Å². The number of nitrogens with zero attached hydrogens (tertiary/aromatic N) is 4. The van der Waals surface area contributed by atoms with Gasteiger partial charge >= 0.3 is 0 Å². The van der Waals surface area contributed by atoms with Crippen molar-refractivity contribution < 1.29 is 33.9 Å². The Morgan fingerprint density at radius 1 is 0.677 bits per heavy atom. The predicted molar refractivity (Wildman–Crippen MR) is 235 cm³/mol. The third kappa shape index (κ3) is 10.3. The highest BCUT2D eigenvalue weighted by atomic mass is 16.3. The molecule has 7 atom stereocenters. The van der Waals surface area contributed by atoms with Crippen molar-refractivity contribution in [1.29, 1.82) is 0 Å². The Morgan fingerprint density at radius 3 is 1.94 bits per heavy atom. The molecule has 0 spiro atoms. The number of carbonyl (C=O) groups is 6. The molecule has 15 heteroatoms. The Morgan fingerprint density at radius 2 is 1.27 bits per heavy atom. The number of carbonyl (C=O) groups excluding carboxylic acids is 6. The number of aliphatic hydroxyl groups is 1. The topological polar surface area (TPSA) is 201 Å². The summed E-state index contributed by atoms with van der Waals surface area (Å²) in [6.07, 6.45) is 2.63. The number of likely N-dealkylation sites (N-methyl/N-ethyl adjacent to an activating group) is 3. The average Bonchev–Trinajstić information content (AvgIpc) is 3.94. The van der Waals surface area contributed by atoms with Crippen LogP contribution < -0.4 is 16.4 Å². The van der Waals surface area contributed by atoms with Gasteiger partial charge < -0.3 is 46.1 Å². The van der Waals surface area contributed by atoms with Crippen LogP contribution in [0.15, 0.2) is 91.1 Å². The van der Waals surface area contributed by atoms with Gasteiger partial charge in [0.05, 0.1) is 6.10 Å². The summed E-state index contributed by atoms with van der Waals surface area (Å²) in [5, 5.41) is 17.7. The first-order chi connectivity index (χ1) is 29.8. The number of aliphatic hydroxyl groups excluding tert-OH is 1. The Bertz CT molecular complexity index is 2200. The Hall–Kier alpha value is -6.06. The second-order valence-corrected chi connectivity index (χ2v) is 16.6. The first kappa shape index (κ1) is 45.5. The van der Waals surface area contributed by atoms with Crippen LogP contribution in [0.5, 0.6) is 0 Å². The number of nitrogens with two attached hydrogens (primary N) is 1. The quantitative estimate of drug-likeness (QED) is 0.141. The van der Waals surface area contributed by atoms with E-state index >= 15 is 4.79 Å². The summed E-state index contributed by atoms with van der Waals surface area (Å²) in [6.45, 7) is 1.95. The molecule has 0 bridgehead atoms. The predicted octanol–water partition coefficient (Wildman–Crippen LogP) is 2.16. The summed E-state index contributed by atoms with van der Waals surface area (Å²) in [5.41, 5.74) is 8.97. The van der Waals surface area contributed by atoms with Crippen molar-refractivity contribution >= 4 is 46.3 Å². The molecule has 1 aromatic heterocycles. The molecule has 0 radical (unpaired) electrons. The van der Waals surface area contributed by atoms with Gasteiger partial charge in [-0.05, 0) is 68.3 Å². The number of hydrogen-bond donors (Lipinski definition) is 5. The van der Waals surface area contributed by atoms with E-state index in [2.05, 4.69) is 15.6 Å². The normalized spacial score (nSPS) is 24.2. The van der Waals surface area contributed by atoms with E-state index in [1.54, 1.807) is 6.20 Å². The fraction of sp³-hybridized carbons (Fsp3) is 0.447. The molecule has 15 nitrogen and oxygen atoms in total. The highest BCUT2D eigenvalue weighted by molar-refractivity contribution is 5.99. The lowest BCUT2D eigenvalue weighted by molar-refractivity contribution is -0.152. The van der Waals surface area contributed by atoms with E-state index in [0.717, 1.165) is 27.6 Å². The largest absolute Gasteiger partial charge is 0.391 e. The summed E-state index contributed by atoms with van der Waals surface area (Å²) in [4.78, 5) is 97.0. The van der Waals surface area contributed by atoms with Gasteiger partial charge in [0.15, 0.2) is 0 Å². The van der Waals surface area contributed by atoms with Crippen LogP contribution in [0.2, 0.25) is 0 Å². The van der Waals surface area contributed by atoms with Crippen LogP contribution in [-0.2, 0) is 48.0 Å². The first-order valence-corrected chi connectivity index (χ1v) is 21.5. The van der Waals surface area contributed by atoms with Gasteiger partial charge in [-0.2, -0.15) is 0 Å². The SMILES string of the molecule is C[C@@H](O)[C@@H]1NC(=O)[C@H](CCCCN)N(C)C(=O)[C@@H](Cc2c[nH]c3ccccc23)N(C)C(=O)[C@H](Cc2ccccc2)NC(=O)[C@@H]2CCCN2C(=O)[C@H](Cc2ccccc2)N(C)C1=O. The van der Waals surface area contributed by atoms with Crippen LogP contribution in [-0.4, -0.2) is 142 Å². The minimum atomic E-state index is -1.50. The molecule has 2 aliphatic rings. The van der Waals surface area contributed by atoms with Gasteiger partial charge in [0.2, 0.25) is 35.4 Å². The molecule has 62 heavy (non-hydrogen) atoms. The Balaban J connectivity index is 1.47. The number of H-pyrrole nitrogens is 1. The lowest BCUT2D eigenvalue weighted by atomic mass is 9.98. The van der Waals surface area contributed by atoms with E-state index in [1.807, 2.05) is 84.9 Å². The van der Waals surface area contributed by atoms with Crippen molar-refractivity contribution in [2.45, 2.75) is 101 Å². The molecule has 2 saturated heterocycles. The van der Waals surface area contributed by atoms with Crippen LogP contribution in [0.1, 0.15) is 55.7 Å². The fourth-order valence-corrected chi connectivity index (χ4v) is 8.72. The molecule has 6 N–H and O–H groups in total. The minimum absolute atomic E-state index is 0.0614. The van der Waals surface area contributed by atoms with E-state index in [9.17, 15) is 29.1 Å². The maximum Gasteiger partial charge on any atom is 0.248 e. The number of aromatic amines is 1. The lowest BCUT2D eigenvalue weighted by Gasteiger charge is -2.38. The molecule has 0 unspecified atom stereocenters. The van der Waals surface area contributed by atoms with Crippen molar-refractivity contribution in [3.63, 3.8) is 0 Å². The van der Waals surface area contributed by atoms with Crippen LogP contribution in [0.25, 0.3) is 10.9 Å². The molecular weight excluding hydrogens is 789 g/mol. The summed E-state index contributed by atoms with van der Waals surface area (Å²) < 4.78 is 0. The van der Waals surface area contributed by atoms with E-state index in [0.29, 0.717) is 32.2 Å². The van der Waals surface area contributed by atoms with Crippen molar-refractivity contribution in [3.8, 4) is 0 Å². The molecule has 0 aliphatic carbocycles. The Labute approximate surface area is 363 Å². The molecule has 0 saturated carbocycles. The monoisotopic (exact) mass is 848 g/mol. The number of hydrogen-bond acceptors (Lipinski definition) is 8. The van der Waals surface area contributed by atoms with Gasteiger partial charge in [0, 0.05) is 64.1 Å². The van der Waals surface area contributed by atoms with Gasteiger partial charge in [-0.25, -0.2) is 0 Å². The standard InChI is InChI=1S/C47H60N8O7/c1-30(56)41-47(62)54(4)39(27-32-18-9-6-10-19-32)46(61)55-25-15-23-38(55)43(58)50-36(26-31-16-7-5-8-17-31)44(59)53(3)40(28-33-29-49-35-21-12-11-20-34(33)35)45(60)52(2)37(42(57)51-41)22-13-14-24-48/h5-12,16-21,29-30,36-41,49,56H,13-15,22-28,48H2,1-4H3,(H,50,58)(H,51,57)/t30-,36+,37+,38+,39+,40-,41+/m1/s1. The highest BCUT2D eigenvalue weighted by Gasteiger charge is 2.44. The Kier molecular flexibility index (Phi) is 15.2. The number of rotatable bonds is 11. The van der Waals surface area contributed by atoms with E-state index in [4.69, 9.17) is 5.73 Å². The maximum absolute atomic E-state index is 15.1. The number of nitrogens with one attached hydrogen (secondary N) is 3. The molecule has 330 valence electrons. The van der Waals surface area contributed by atoms with E-state index in [1.165, 1.54) is 47.7 Å². The van der Waals surface area contributed by atoms with Crippen LogP contribution in [0.3, 0.4) is 0 Å². The zero-order valence-electron chi connectivity index (χ0n) is 36.0. The molecule has 3 heterocycles. The fourth-order valence-electron chi connectivity index (χ4n) is 8.72. The van der Waals surface area contributed by atoms with Gasteiger partial charge in [-0.1, -0.05) is 78.9 Å². The molecule has 6 amide bonds. The summed E-state index contributed by atoms with van der Waals surface area (Å²) in [6, 6.07) is 18.9. The van der Waals surface area contributed by atoms with Crippen molar-refractivity contribution in [2.24, 2.45) is 5.73 Å². The number of benzene rings is 3. The summed E-state index contributed by atoms with van der Waals surface area (Å²) in [7, 11) is 4.47. The van der Waals surface area contributed by atoms with Crippen LogP contribution in [0.4, 0.5) is 0 Å². The average molecular weight is 849 g/mol. The number of fused-ring (bicyclic) bond motifs is 2. The van der Waals surface area contributed by atoms with Gasteiger partial charge in [0.1, 0.15) is 36.3 Å². The van der Waals surface area contributed by atoms with E-state index < -0.39 is 77.8 Å².